The Morgan fingerprint density at radius 3 is 2.65 bits per heavy atom. The number of nitrogens with zero attached hydrogens (tertiary/aromatic N) is 3. The van der Waals surface area contributed by atoms with Gasteiger partial charge in [-0.25, -0.2) is 0 Å². The molecule has 162 valence electrons. The van der Waals surface area contributed by atoms with Gasteiger partial charge in [0, 0.05) is 25.2 Å². The lowest BCUT2D eigenvalue weighted by atomic mass is 10.0. The summed E-state index contributed by atoms with van der Waals surface area (Å²) in [7, 11) is 3.91. The van der Waals surface area contributed by atoms with Crippen molar-refractivity contribution in [1.82, 2.24) is 15.1 Å². The van der Waals surface area contributed by atoms with Gasteiger partial charge < -0.3 is 20.0 Å². The smallest absolute Gasteiger partial charge is 0.256 e. The topological polar surface area (TPSA) is 73.0 Å². The normalized spacial score (nSPS) is 18.1. The molecule has 0 radical (unpaired) electrons. The number of nitrogens with one attached hydrogen (secondary N) is 1. The van der Waals surface area contributed by atoms with Crippen LogP contribution in [0, 0.1) is 0 Å². The van der Waals surface area contributed by atoms with Crippen molar-refractivity contribution < 1.29 is 14.4 Å². The number of benzene rings is 2. The minimum Gasteiger partial charge on any atom is -0.351 e. The fourth-order valence-corrected chi connectivity index (χ4v) is 4.31. The van der Waals surface area contributed by atoms with Crippen LogP contribution in [0.2, 0.25) is 0 Å². The van der Waals surface area contributed by atoms with Crippen LogP contribution in [-0.2, 0) is 11.3 Å². The average molecular weight is 421 g/mol. The third-order valence-corrected chi connectivity index (χ3v) is 5.93. The number of anilines is 1. The minimum atomic E-state index is -0.444. The second kappa shape index (κ2) is 8.89. The first-order valence-corrected chi connectivity index (χ1v) is 10.7. The molecule has 31 heavy (non-hydrogen) atoms. The van der Waals surface area contributed by atoms with E-state index in [1.807, 2.05) is 55.4 Å². The summed E-state index contributed by atoms with van der Waals surface area (Å²) in [4.78, 5) is 44.8. The highest BCUT2D eigenvalue weighted by molar-refractivity contribution is 6.11. The first-order valence-electron chi connectivity index (χ1n) is 10.7. The van der Waals surface area contributed by atoms with Crippen LogP contribution in [-0.4, -0.2) is 67.3 Å². The molecule has 1 N–H and O–H groups in total. The van der Waals surface area contributed by atoms with E-state index in [1.54, 1.807) is 21.9 Å². The van der Waals surface area contributed by atoms with Gasteiger partial charge in [0.1, 0.15) is 6.04 Å². The Morgan fingerprint density at radius 1 is 1.10 bits per heavy atom. The summed E-state index contributed by atoms with van der Waals surface area (Å²) in [5.41, 5.74) is 2.44. The highest BCUT2D eigenvalue weighted by Crippen LogP contribution is 2.33. The van der Waals surface area contributed by atoms with E-state index >= 15 is 0 Å². The molecule has 1 fully saturated rings. The zero-order valence-corrected chi connectivity index (χ0v) is 18.0. The van der Waals surface area contributed by atoms with E-state index < -0.39 is 6.04 Å². The number of likely N-dealkylation sites (N-methyl/N-ethyl adjacent to an activating group) is 1. The quantitative estimate of drug-likeness (QED) is 0.777. The molecule has 7 nitrogen and oxygen atoms in total. The highest BCUT2D eigenvalue weighted by atomic mass is 16.2. The van der Waals surface area contributed by atoms with Gasteiger partial charge in [-0.2, -0.15) is 0 Å². The standard InChI is InChI=1S/C24H28N4O3/c1-26(2)15-13-25-22(29)18-9-4-3-8-17(18)16-28-20-11-6-5-10-19(20)23(30)27-14-7-12-21(27)24(28)31/h3-6,8-11,21H,7,12-16H2,1-2H3,(H,25,29)/t21-/m1/s1. The predicted molar refractivity (Wildman–Crippen MR) is 119 cm³/mol. The van der Waals surface area contributed by atoms with Crippen molar-refractivity contribution in [3.05, 3.63) is 65.2 Å². The summed E-state index contributed by atoms with van der Waals surface area (Å²) in [5.74, 6) is -0.339. The van der Waals surface area contributed by atoms with E-state index in [-0.39, 0.29) is 24.3 Å². The van der Waals surface area contributed by atoms with Crippen molar-refractivity contribution in [2.45, 2.75) is 25.4 Å². The van der Waals surface area contributed by atoms with Crippen molar-refractivity contribution in [2.75, 3.05) is 38.6 Å². The lowest BCUT2D eigenvalue weighted by Crippen LogP contribution is -2.44. The van der Waals surface area contributed by atoms with Gasteiger partial charge in [0.2, 0.25) is 5.91 Å². The van der Waals surface area contributed by atoms with E-state index in [0.717, 1.165) is 18.5 Å². The maximum atomic E-state index is 13.5. The van der Waals surface area contributed by atoms with Gasteiger partial charge in [-0.1, -0.05) is 30.3 Å². The van der Waals surface area contributed by atoms with Crippen LogP contribution in [0.1, 0.15) is 39.1 Å². The summed E-state index contributed by atoms with van der Waals surface area (Å²) in [6.45, 7) is 2.12. The molecule has 0 unspecified atom stereocenters. The number of hydrogen-bond acceptors (Lipinski definition) is 4. The summed E-state index contributed by atoms with van der Waals surface area (Å²) < 4.78 is 0. The SMILES string of the molecule is CN(C)CCNC(=O)c1ccccc1CN1C(=O)[C@H]2CCCN2C(=O)c2ccccc21. The highest BCUT2D eigenvalue weighted by Gasteiger charge is 2.42. The van der Waals surface area contributed by atoms with Gasteiger partial charge in [0.15, 0.2) is 0 Å². The molecular weight excluding hydrogens is 392 g/mol. The zero-order valence-electron chi connectivity index (χ0n) is 18.0. The number of para-hydroxylation sites is 1. The Labute approximate surface area is 182 Å². The lowest BCUT2D eigenvalue weighted by molar-refractivity contribution is -0.122. The van der Waals surface area contributed by atoms with E-state index in [1.165, 1.54) is 0 Å². The Balaban J connectivity index is 1.66. The summed E-state index contributed by atoms with van der Waals surface area (Å²) in [6, 6.07) is 14.1. The number of rotatable bonds is 6. The fourth-order valence-electron chi connectivity index (χ4n) is 4.31. The molecule has 2 aliphatic rings. The third kappa shape index (κ3) is 4.18. The second-order valence-corrected chi connectivity index (χ2v) is 8.31. The molecule has 0 spiro atoms. The van der Waals surface area contributed by atoms with Crippen molar-refractivity contribution >= 4 is 23.4 Å². The van der Waals surface area contributed by atoms with Crippen LogP contribution in [0.5, 0.6) is 0 Å². The molecular formula is C24H28N4O3. The molecule has 7 heteroatoms. The van der Waals surface area contributed by atoms with E-state index in [4.69, 9.17) is 0 Å². The van der Waals surface area contributed by atoms with Gasteiger partial charge >= 0.3 is 0 Å². The minimum absolute atomic E-state index is 0.0846. The third-order valence-electron chi connectivity index (χ3n) is 5.93. The van der Waals surface area contributed by atoms with Crippen LogP contribution < -0.4 is 10.2 Å². The molecule has 0 aliphatic carbocycles. The fraction of sp³-hybridized carbons (Fsp3) is 0.375. The predicted octanol–water partition coefficient (Wildman–Crippen LogP) is 2.13. The Morgan fingerprint density at radius 2 is 1.84 bits per heavy atom. The Kier molecular flexibility index (Phi) is 6.04. The summed E-state index contributed by atoms with van der Waals surface area (Å²) in [5, 5.41) is 2.95. The molecule has 2 aliphatic heterocycles. The molecule has 3 amide bonds. The van der Waals surface area contributed by atoms with Gasteiger partial charge in [-0.15, -0.1) is 0 Å². The van der Waals surface area contributed by atoms with Crippen molar-refractivity contribution in [3.63, 3.8) is 0 Å². The molecule has 2 aromatic rings. The van der Waals surface area contributed by atoms with Gasteiger partial charge in [-0.3, -0.25) is 14.4 Å². The number of carbonyl (C=O) groups excluding carboxylic acids is 3. The van der Waals surface area contributed by atoms with Crippen LogP contribution in [0.15, 0.2) is 48.5 Å². The monoisotopic (exact) mass is 420 g/mol. The van der Waals surface area contributed by atoms with Gasteiger partial charge in [0.05, 0.1) is 17.8 Å². The van der Waals surface area contributed by atoms with E-state index in [9.17, 15) is 14.4 Å². The molecule has 0 saturated carbocycles. The number of carbonyl (C=O) groups is 3. The van der Waals surface area contributed by atoms with Crippen LogP contribution in [0.4, 0.5) is 5.69 Å². The van der Waals surface area contributed by atoms with Crippen molar-refractivity contribution in [1.29, 1.82) is 0 Å². The maximum Gasteiger partial charge on any atom is 0.256 e. The largest absolute Gasteiger partial charge is 0.351 e. The number of amides is 3. The molecule has 0 bridgehead atoms. The zero-order chi connectivity index (χ0) is 22.0. The average Bonchev–Trinajstić information content (AvgIpc) is 3.24. The number of fused-ring (bicyclic) bond motifs is 2. The van der Waals surface area contributed by atoms with Crippen LogP contribution >= 0.6 is 0 Å². The Hall–Kier alpha value is -3.19. The molecule has 2 aromatic carbocycles. The Bertz CT molecular complexity index is 1000. The van der Waals surface area contributed by atoms with Gasteiger partial charge in [0.25, 0.3) is 11.8 Å². The first-order chi connectivity index (χ1) is 15.0. The second-order valence-electron chi connectivity index (χ2n) is 8.31. The van der Waals surface area contributed by atoms with E-state index in [2.05, 4.69) is 5.32 Å². The van der Waals surface area contributed by atoms with Crippen molar-refractivity contribution in [3.8, 4) is 0 Å². The summed E-state index contributed by atoms with van der Waals surface area (Å²) in [6.07, 6.45) is 1.49. The summed E-state index contributed by atoms with van der Waals surface area (Å²) >= 11 is 0. The van der Waals surface area contributed by atoms with E-state index in [0.29, 0.717) is 36.3 Å². The molecule has 0 aromatic heterocycles. The first kappa shape index (κ1) is 21.1. The van der Waals surface area contributed by atoms with Crippen molar-refractivity contribution in [2.24, 2.45) is 0 Å². The number of hydrogen-bond donors (Lipinski definition) is 1. The van der Waals surface area contributed by atoms with Crippen LogP contribution in [0.3, 0.4) is 0 Å². The maximum absolute atomic E-state index is 13.5. The molecule has 2 heterocycles. The molecule has 4 rings (SSSR count). The van der Waals surface area contributed by atoms with Crippen LogP contribution in [0.25, 0.3) is 0 Å². The lowest BCUT2D eigenvalue weighted by Gasteiger charge is -2.26. The molecule has 1 atom stereocenters. The molecule has 1 saturated heterocycles. The van der Waals surface area contributed by atoms with Gasteiger partial charge in [-0.05, 0) is 50.7 Å².